The Morgan fingerprint density at radius 2 is 1.83 bits per heavy atom. The van der Waals surface area contributed by atoms with E-state index in [4.69, 9.17) is 23.7 Å². The van der Waals surface area contributed by atoms with Crippen LogP contribution in [0.3, 0.4) is 0 Å². The van der Waals surface area contributed by atoms with Gasteiger partial charge in [0, 0.05) is 55.1 Å². The number of carbonyl (C=O) groups excluding carboxylic acids is 3. The summed E-state index contributed by atoms with van der Waals surface area (Å²) in [7, 11) is 1.33. The summed E-state index contributed by atoms with van der Waals surface area (Å²) in [6, 6.07) is 3.92. The van der Waals surface area contributed by atoms with E-state index >= 15 is 0 Å². The summed E-state index contributed by atoms with van der Waals surface area (Å²) >= 11 is 0. The van der Waals surface area contributed by atoms with Crippen LogP contribution in [0.1, 0.15) is 82.7 Å². The van der Waals surface area contributed by atoms with Crippen molar-refractivity contribution in [3.63, 3.8) is 0 Å². The highest BCUT2D eigenvalue weighted by molar-refractivity contribution is 6.31. The molecule has 2 saturated heterocycles. The van der Waals surface area contributed by atoms with E-state index in [9.17, 15) is 39.9 Å². The van der Waals surface area contributed by atoms with Crippen LogP contribution in [0.25, 0.3) is 0 Å². The molecule has 14 heteroatoms. The van der Waals surface area contributed by atoms with E-state index in [0.29, 0.717) is 19.7 Å². The first kappa shape index (κ1) is 34.4. The maximum absolute atomic E-state index is 13.9. The van der Waals surface area contributed by atoms with Crippen molar-refractivity contribution in [3.05, 3.63) is 51.6 Å². The fourth-order valence-corrected chi connectivity index (χ4v) is 7.38. The molecule has 14 nitrogen and oxygen atoms in total. The molecule has 4 aliphatic rings. The number of phenols is 2. The summed E-state index contributed by atoms with van der Waals surface area (Å²) in [5.74, 6) is -3.75. The van der Waals surface area contributed by atoms with Gasteiger partial charge in [-0.1, -0.05) is 12.1 Å². The van der Waals surface area contributed by atoms with Crippen LogP contribution in [0.4, 0.5) is 0 Å². The second-order valence-electron chi connectivity index (χ2n) is 13.0. The first-order valence-electron chi connectivity index (χ1n) is 16.0. The minimum Gasteiger partial charge on any atom is -0.507 e. The molecule has 2 aliphatic carbocycles. The second kappa shape index (κ2) is 13.1. The van der Waals surface area contributed by atoms with E-state index in [2.05, 4.69) is 0 Å². The molecule has 6 rings (SSSR count). The molecule has 2 heterocycles. The van der Waals surface area contributed by atoms with Crippen LogP contribution in [0.15, 0.2) is 18.2 Å². The number of aliphatic hydroxyl groups excluding tert-OH is 2. The monoisotopic (exact) mass is 671 g/mol. The highest BCUT2D eigenvalue weighted by Gasteiger charge is 2.50. The average molecular weight is 672 g/mol. The topological polar surface area (TPSA) is 202 Å². The SMILES string of the molecule is COc1cccc2c1C(=O)c1c(O)c3c(c(O)c1C2=O)C[C@@](O)(C(=O)CO)C[C@@H]3O[C@H]1C[C@H](N2CCO[C@H](OC(C)C)C2)[C@H](O)[C@H](C)O1. The van der Waals surface area contributed by atoms with Gasteiger partial charge < -0.3 is 49.2 Å². The van der Waals surface area contributed by atoms with Gasteiger partial charge in [0.25, 0.3) is 0 Å². The molecule has 2 fully saturated rings. The number of morpholine rings is 1. The van der Waals surface area contributed by atoms with Gasteiger partial charge in [-0.25, -0.2) is 0 Å². The number of rotatable bonds is 8. The zero-order valence-electron chi connectivity index (χ0n) is 27.2. The van der Waals surface area contributed by atoms with Crippen LogP contribution >= 0.6 is 0 Å². The van der Waals surface area contributed by atoms with E-state index in [1.165, 1.54) is 25.3 Å². The van der Waals surface area contributed by atoms with Gasteiger partial charge in [-0.05, 0) is 26.8 Å². The first-order valence-corrected chi connectivity index (χ1v) is 16.0. The van der Waals surface area contributed by atoms with Crippen molar-refractivity contribution in [1.82, 2.24) is 4.90 Å². The number of benzene rings is 2. The Kier molecular flexibility index (Phi) is 9.39. The largest absolute Gasteiger partial charge is 0.507 e. The zero-order valence-corrected chi connectivity index (χ0v) is 27.2. The molecular weight excluding hydrogens is 630 g/mol. The molecule has 0 aromatic heterocycles. The molecule has 0 amide bonds. The van der Waals surface area contributed by atoms with Crippen LogP contribution in [-0.4, -0.2) is 124 Å². The number of ether oxygens (including phenoxy) is 5. The Balaban J connectivity index is 1.39. The smallest absolute Gasteiger partial charge is 0.202 e. The highest BCUT2D eigenvalue weighted by atomic mass is 16.7. The van der Waals surface area contributed by atoms with Gasteiger partial charge in [0.2, 0.25) is 5.78 Å². The Bertz CT molecular complexity index is 1620. The Hall–Kier alpha value is -3.47. The van der Waals surface area contributed by atoms with Crippen molar-refractivity contribution < 1.29 is 63.6 Å². The lowest BCUT2D eigenvalue weighted by Crippen LogP contribution is -2.59. The summed E-state index contributed by atoms with van der Waals surface area (Å²) in [4.78, 5) is 42.5. The lowest BCUT2D eigenvalue weighted by atomic mass is 9.72. The molecular formula is C34H41NO13. The van der Waals surface area contributed by atoms with Crippen LogP contribution < -0.4 is 4.74 Å². The number of hydrogen-bond acceptors (Lipinski definition) is 14. The van der Waals surface area contributed by atoms with Crippen molar-refractivity contribution in [1.29, 1.82) is 0 Å². The number of phenolic OH excluding ortho intramolecular Hbond substituents is 2. The third-order valence-electron chi connectivity index (χ3n) is 9.69. The fourth-order valence-electron chi connectivity index (χ4n) is 7.38. The van der Waals surface area contributed by atoms with Gasteiger partial charge in [-0.15, -0.1) is 0 Å². The number of aliphatic hydroxyl groups is 3. The number of aromatic hydroxyl groups is 2. The number of fused-ring (bicyclic) bond motifs is 3. The maximum Gasteiger partial charge on any atom is 0.202 e. The van der Waals surface area contributed by atoms with Gasteiger partial charge in [-0.2, -0.15) is 0 Å². The van der Waals surface area contributed by atoms with Crippen LogP contribution in [0.2, 0.25) is 0 Å². The van der Waals surface area contributed by atoms with Crippen molar-refractivity contribution >= 4 is 17.3 Å². The molecule has 5 N–H and O–H groups in total. The summed E-state index contributed by atoms with van der Waals surface area (Å²) in [5, 5.41) is 55.8. The van der Waals surface area contributed by atoms with E-state index < -0.39 is 102 Å². The van der Waals surface area contributed by atoms with Crippen molar-refractivity contribution in [3.8, 4) is 17.2 Å². The molecule has 7 atom stereocenters. The lowest BCUT2D eigenvalue weighted by Gasteiger charge is -2.47. The Labute approximate surface area is 276 Å². The van der Waals surface area contributed by atoms with E-state index in [-0.39, 0.29) is 40.5 Å². The second-order valence-corrected chi connectivity index (χ2v) is 13.0. The van der Waals surface area contributed by atoms with Crippen LogP contribution in [0.5, 0.6) is 17.2 Å². The first-order chi connectivity index (χ1) is 22.8. The number of hydrogen-bond donors (Lipinski definition) is 5. The molecule has 0 radical (unpaired) electrons. The molecule has 0 saturated carbocycles. The third kappa shape index (κ3) is 5.79. The van der Waals surface area contributed by atoms with Crippen molar-refractivity contribution in [2.24, 2.45) is 0 Å². The quantitative estimate of drug-likeness (QED) is 0.213. The average Bonchev–Trinajstić information content (AvgIpc) is 3.05. The van der Waals surface area contributed by atoms with Crippen LogP contribution in [-0.2, 0) is 30.2 Å². The van der Waals surface area contributed by atoms with E-state index in [0.717, 1.165) is 0 Å². The fraction of sp³-hybridized carbons (Fsp3) is 0.559. The minimum absolute atomic E-state index is 0.0508. The predicted molar refractivity (Wildman–Crippen MR) is 165 cm³/mol. The number of nitrogens with zero attached hydrogens (tertiary/aromatic N) is 1. The van der Waals surface area contributed by atoms with Crippen molar-refractivity contribution in [2.45, 2.75) is 88.7 Å². The molecule has 2 aliphatic heterocycles. The van der Waals surface area contributed by atoms with Gasteiger partial charge in [0.1, 0.15) is 29.5 Å². The Morgan fingerprint density at radius 3 is 2.52 bits per heavy atom. The van der Waals surface area contributed by atoms with Gasteiger partial charge in [0.15, 0.2) is 24.1 Å². The summed E-state index contributed by atoms with van der Waals surface area (Å²) in [5.41, 5.74) is -3.62. The van der Waals surface area contributed by atoms with Crippen LogP contribution in [0, 0.1) is 0 Å². The van der Waals surface area contributed by atoms with Crippen molar-refractivity contribution in [2.75, 3.05) is 33.4 Å². The summed E-state index contributed by atoms with van der Waals surface area (Å²) in [6.07, 6.45) is -5.58. The Morgan fingerprint density at radius 1 is 1.10 bits per heavy atom. The minimum atomic E-state index is -2.27. The number of Topliss-reactive ketones (excluding diaryl/α,β-unsaturated/α-hetero) is 1. The zero-order chi connectivity index (χ0) is 34.7. The highest BCUT2D eigenvalue weighted by Crippen LogP contribution is 2.52. The third-order valence-corrected chi connectivity index (χ3v) is 9.69. The molecule has 48 heavy (non-hydrogen) atoms. The van der Waals surface area contributed by atoms with E-state index in [1.54, 1.807) is 6.92 Å². The number of ketones is 3. The standard InChI is InChI=1S/C34H41NO13/c1-15(2)46-24-13-35(8-9-45-24)19-10-23(47-16(3)29(19)38)48-21-12-34(43,22(37)14-36)11-18-26(21)33(42)28-27(31(18)40)30(39)17-6-5-7-20(44-4)25(17)32(28)41/h5-7,15-16,19,21,23-24,29,36,38,40,42-43H,8-14H2,1-4H3/t16-,19-,21-,23-,24+,29+,34-/m0/s1. The van der Waals surface area contributed by atoms with Gasteiger partial charge in [0.05, 0.1) is 54.8 Å². The molecule has 260 valence electrons. The maximum atomic E-state index is 13.9. The van der Waals surface area contributed by atoms with Gasteiger partial charge >= 0.3 is 0 Å². The summed E-state index contributed by atoms with van der Waals surface area (Å²) < 4.78 is 29.3. The normalized spacial score (nSPS) is 30.5. The molecule has 0 unspecified atom stereocenters. The van der Waals surface area contributed by atoms with Gasteiger partial charge in [-0.3, -0.25) is 19.3 Å². The number of carbonyl (C=O) groups is 3. The molecule has 0 spiro atoms. The lowest BCUT2D eigenvalue weighted by molar-refractivity contribution is -0.269. The number of methoxy groups -OCH3 is 1. The summed E-state index contributed by atoms with van der Waals surface area (Å²) in [6.45, 7) is 5.67. The molecule has 0 bridgehead atoms. The predicted octanol–water partition coefficient (Wildman–Crippen LogP) is 1.13. The molecule has 2 aromatic rings. The molecule has 2 aromatic carbocycles. The van der Waals surface area contributed by atoms with E-state index in [1.807, 2.05) is 18.7 Å².